The maximum absolute atomic E-state index is 14.9. The molecule has 0 radical (unpaired) electrons. The largest absolute Gasteiger partial charge is 0.480 e. The molecule has 40 heavy (non-hydrogen) atoms. The third-order valence-corrected chi connectivity index (χ3v) is 8.33. The highest BCUT2D eigenvalue weighted by Gasteiger charge is 2.51. The number of piperidine rings is 1. The number of nitrogens with zero attached hydrogens (tertiary/aromatic N) is 4. The standard InChI is InChI=1S/C27H29F3N6O4/c1-35-20-5-4-14(6-18(20)21-22(25(35)38)40-12-27(29,30)23(33-21)13-2-3-13)32-24-19(28)9-31-26(34-24)36-15-7-17(37)8-16(36)11-39-10-15/h4-6,9,13,15-17,23,33,37H,2-3,7-8,10-12H2,1H3,(H,31,32,34)/t15-,16+,17?,23-/m0/s1. The second kappa shape index (κ2) is 9.23. The SMILES string of the molecule is Cn1c(=O)c2c(c3cc(Nc4nc(N5[C@@H]6COC[C@H]5CC(O)C6)ncc4F)ccc31)N[C@@H](C1CC1)C(F)(F)CO2. The molecule has 3 aromatic rings. The number of hydrogen-bond acceptors (Lipinski definition) is 9. The van der Waals surface area contributed by atoms with Gasteiger partial charge in [0.25, 0.3) is 5.56 Å². The van der Waals surface area contributed by atoms with Crippen LogP contribution < -0.4 is 25.8 Å². The fourth-order valence-corrected chi connectivity index (χ4v) is 6.21. The molecule has 2 saturated heterocycles. The molecule has 5 heterocycles. The fraction of sp³-hybridized carbons (Fsp3) is 0.519. The third kappa shape index (κ3) is 4.22. The Bertz CT molecular complexity index is 1530. The highest BCUT2D eigenvalue weighted by molar-refractivity contribution is 5.97. The molecule has 1 aliphatic carbocycles. The molecule has 212 valence electrons. The summed E-state index contributed by atoms with van der Waals surface area (Å²) in [6, 6.07) is 3.60. The van der Waals surface area contributed by atoms with Crippen molar-refractivity contribution in [2.75, 3.05) is 35.4 Å². The van der Waals surface area contributed by atoms with Crippen LogP contribution in [-0.2, 0) is 11.8 Å². The summed E-state index contributed by atoms with van der Waals surface area (Å²) in [6.07, 6.45) is 3.03. The summed E-state index contributed by atoms with van der Waals surface area (Å²) in [6.45, 7) is -0.0502. The van der Waals surface area contributed by atoms with Crippen molar-refractivity contribution in [2.45, 2.75) is 55.8 Å². The molecule has 10 nitrogen and oxygen atoms in total. The fourth-order valence-electron chi connectivity index (χ4n) is 6.21. The summed E-state index contributed by atoms with van der Waals surface area (Å²) in [5, 5.41) is 16.6. The van der Waals surface area contributed by atoms with E-state index in [9.17, 15) is 23.1 Å². The van der Waals surface area contributed by atoms with Crippen molar-refractivity contribution in [3.05, 3.63) is 40.6 Å². The minimum atomic E-state index is -3.15. The molecule has 7 rings (SSSR count). The van der Waals surface area contributed by atoms with Crippen molar-refractivity contribution in [1.82, 2.24) is 14.5 Å². The molecule has 4 aliphatic rings. The predicted octanol–water partition coefficient (Wildman–Crippen LogP) is 3.16. The van der Waals surface area contributed by atoms with Crippen molar-refractivity contribution >= 4 is 34.0 Å². The van der Waals surface area contributed by atoms with E-state index in [2.05, 4.69) is 20.6 Å². The number of aliphatic hydroxyl groups is 1. The third-order valence-electron chi connectivity index (χ3n) is 8.33. The Kier molecular flexibility index (Phi) is 5.86. The van der Waals surface area contributed by atoms with Gasteiger partial charge in [-0.3, -0.25) is 4.79 Å². The lowest BCUT2D eigenvalue weighted by Gasteiger charge is -2.47. The number of alkyl halides is 2. The van der Waals surface area contributed by atoms with Crippen molar-refractivity contribution in [1.29, 1.82) is 0 Å². The van der Waals surface area contributed by atoms with E-state index in [4.69, 9.17) is 9.47 Å². The second-order valence-corrected chi connectivity index (χ2v) is 11.2. The Hall–Kier alpha value is -3.58. The van der Waals surface area contributed by atoms with Crippen LogP contribution in [0.3, 0.4) is 0 Å². The van der Waals surface area contributed by atoms with Gasteiger partial charge in [-0.2, -0.15) is 4.98 Å². The Balaban J connectivity index is 1.26. The van der Waals surface area contributed by atoms with Gasteiger partial charge in [0.1, 0.15) is 0 Å². The van der Waals surface area contributed by atoms with Crippen molar-refractivity contribution in [3.8, 4) is 5.75 Å². The molecule has 1 unspecified atom stereocenters. The Morgan fingerprint density at radius 2 is 1.95 bits per heavy atom. The highest BCUT2D eigenvalue weighted by Crippen LogP contribution is 2.45. The molecule has 0 spiro atoms. The van der Waals surface area contributed by atoms with E-state index in [1.54, 1.807) is 25.2 Å². The van der Waals surface area contributed by atoms with Gasteiger partial charge in [0.2, 0.25) is 11.7 Å². The van der Waals surface area contributed by atoms with E-state index in [0.29, 0.717) is 61.4 Å². The van der Waals surface area contributed by atoms with Crippen molar-refractivity contribution in [3.63, 3.8) is 0 Å². The van der Waals surface area contributed by atoms with Crippen LogP contribution in [0, 0.1) is 11.7 Å². The van der Waals surface area contributed by atoms with Crippen molar-refractivity contribution < 1.29 is 27.8 Å². The number of benzene rings is 1. The van der Waals surface area contributed by atoms with Gasteiger partial charge in [-0.15, -0.1) is 0 Å². The molecular formula is C27H29F3N6O4. The zero-order valence-electron chi connectivity index (χ0n) is 21.7. The first-order valence-electron chi connectivity index (χ1n) is 13.5. The van der Waals surface area contributed by atoms with E-state index >= 15 is 0 Å². The van der Waals surface area contributed by atoms with Crippen LogP contribution in [0.15, 0.2) is 29.2 Å². The summed E-state index contributed by atoms with van der Waals surface area (Å²) >= 11 is 0. The average Bonchev–Trinajstić information content (AvgIpc) is 3.76. The molecule has 3 N–H and O–H groups in total. The summed E-state index contributed by atoms with van der Waals surface area (Å²) in [4.78, 5) is 23.7. The number of nitrogens with one attached hydrogen (secondary N) is 2. The van der Waals surface area contributed by atoms with Crippen LogP contribution in [0.4, 0.5) is 36.3 Å². The Morgan fingerprint density at radius 1 is 1.20 bits per heavy atom. The molecule has 13 heteroatoms. The van der Waals surface area contributed by atoms with E-state index in [1.807, 2.05) is 4.90 Å². The number of halogens is 3. The average molecular weight is 559 g/mol. The molecule has 2 aromatic heterocycles. The number of aryl methyl sites for hydroxylation is 1. The Labute approximate surface area is 227 Å². The second-order valence-electron chi connectivity index (χ2n) is 11.2. The van der Waals surface area contributed by atoms with E-state index in [0.717, 1.165) is 6.20 Å². The number of rotatable bonds is 4. The van der Waals surface area contributed by atoms with Crippen LogP contribution >= 0.6 is 0 Å². The number of aliphatic hydroxyl groups excluding tert-OH is 1. The number of fused-ring (bicyclic) bond motifs is 5. The topological polar surface area (TPSA) is 114 Å². The number of pyridine rings is 1. The van der Waals surface area contributed by atoms with Gasteiger partial charge < -0.3 is 34.7 Å². The lowest BCUT2D eigenvalue weighted by molar-refractivity contribution is -0.0579. The first-order valence-corrected chi connectivity index (χ1v) is 13.5. The molecule has 4 atom stereocenters. The minimum Gasteiger partial charge on any atom is -0.480 e. The Morgan fingerprint density at radius 3 is 2.67 bits per heavy atom. The number of aromatic nitrogens is 3. The first kappa shape index (κ1) is 25.4. The van der Waals surface area contributed by atoms with E-state index < -0.39 is 36.1 Å². The van der Waals surface area contributed by atoms with Gasteiger partial charge in [-0.25, -0.2) is 18.2 Å². The summed E-state index contributed by atoms with van der Waals surface area (Å²) in [5.74, 6) is -3.92. The van der Waals surface area contributed by atoms with Gasteiger partial charge in [-0.05, 0) is 49.8 Å². The maximum atomic E-state index is 14.9. The summed E-state index contributed by atoms with van der Waals surface area (Å²) < 4.78 is 57.2. The van der Waals surface area contributed by atoms with Crippen LogP contribution in [0.2, 0.25) is 0 Å². The molecule has 2 bridgehead atoms. The summed E-state index contributed by atoms with van der Waals surface area (Å²) in [5.41, 5.74) is 0.638. The molecule has 0 amide bonds. The van der Waals surface area contributed by atoms with E-state index in [1.165, 1.54) is 4.57 Å². The molecule has 3 aliphatic heterocycles. The predicted molar refractivity (Wildman–Crippen MR) is 141 cm³/mol. The zero-order chi connectivity index (χ0) is 27.8. The maximum Gasteiger partial charge on any atom is 0.301 e. The smallest absolute Gasteiger partial charge is 0.301 e. The molecule has 1 saturated carbocycles. The number of morpholine rings is 1. The van der Waals surface area contributed by atoms with E-state index in [-0.39, 0.29) is 35.3 Å². The number of anilines is 4. The molecule has 3 fully saturated rings. The quantitative estimate of drug-likeness (QED) is 0.445. The normalized spacial score (nSPS) is 27.4. The highest BCUT2D eigenvalue weighted by atomic mass is 19.3. The van der Waals surface area contributed by atoms with Crippen LogP contribution in [0.5, 0.6) is 5.75 Å². The minimum absolute atomic E-state index is 0.0584. The zero-order valence-corrected chi connectivity index (χ0v) is 21.7. The molecule has 1 aromatic carbocycles. The lowest BCUT2D eigenvalue weighted by atomic mass is 9.92. The van der Waals surface area contributed by atoms with Crippen molar-refractivity contribution in [2.24, 2.45) is 13.0 Å². The first-order chi connectivity index (χ1) is 19.2. The number of ether oxygens (including phenoxy) is 2. The van der Waals surface area contributed by atoms with Crippen LogP contribution in [-0.4, -0.2) is 69.6 Å². The van der Waals surface area contributed by atoms with Gasteiger partial charge >= 0.3 is 5.92 Å². The van der Waals surface area contributed by atoms with Gasteiger partial charge in [-0.1, -0.05) is 0 Å². The van der Waals surface area contributed by atoms with Crippen LogP contribution in [0.1, 0.15) is 25.7 Å². The lowest BCUT2D eigenvalue weighted by Crippen LogP contribution is -2.59. The number of hydrogen-bond donors (Lipinski definition) is 3. The monoisotopic (exact) mass is 558 g/mol. The van der Waals surface area contributed by atoms with Crippen LogP contribution in [0.25, 0.3) is 10.9 Å². The van der Waals surface area contributed by atoms with Gasteiger partial charge in [0.05, 0.1) is 54.8 Å². The van der Waals surface area contributed by atoms with Gasteiger partial charge in [0.15, 0.2) is 18.2 Å². The van der Waals surface area contributed by atoms with Gasteiger partial charge in [0, 0.05) is 18.1 Å². The summed E-state index contributed by atoms with van der Waals surface area (Å²) in [7, 11) is 1.55. The molecular weight excluding hydrogens is 529 g/mol.